The summed E-state index contributed by atoms with van der Waals surface area (Å²) in [5.41, 5.74) is 2.88. The molecule has 2 heterocycles. The van der Waals surface area contributed by atoms with Crippen LogP contribution in [0.1, 0.15) is 18.2 Å². The second-order valence-corrected chi connectivity index (χ2v) is 6.39. The average Bonchev–Trinajstić information content (AvgIpc) is 2.91. The van der Waals surface area contributed by atoms with Gasteiger partial charge in [0.1, 0.15) is 5.75 Å². The van der Waals surface area contributed by atoms with Crippen molar-refractivity contribution in [3.63, 3.8) is 0 Å². The summed E-state index contributed by atoms with van der Waals surface area (Å²) in [6, 6.07) is 7.38. The van der Waals surface area contributed by atoms with E-state index in [-0.39, 0.29) is 5.56 Å². The first-order valence-electron chi connectivity index (χ1n) is 8.44. The van der Waals surface area contributed by atoms with E-state index in [4.69, 9.17) is 4.74 Å². The zero-order valence-corrected chi connectivity index (χ0v) is 15.2. The number of aryl methyl sites for hydroxylation is 1. The summed E-state index contributed by atoms with van der Waals surface area (Å²) in [6.07, 6.45) is 0. The summed E-state index contributed by atoms with van der Waals surface area (Å²) in [7, 11) is 3.73. The number of aromatic amines is 1. The van der Waals surface area contributed by atoms with Gasteiger partial charge in [-0.15, -0.1) is 0 Å². The largest absolute Gasteiger partial charge is 0.497 e. The fourth-order valence-electron chi connectivity index (χ4n) is 3.04. The lowest BCUT2D eigenvalue weighted by Crippen LogP contribution is -2.42. The molecule has 7 nitrogen and oxygen atoms in total. The molecule has 0 atom stereocenters. The highest BCUT2D eigenvalue weighted by molar-refractivity contribution is 5.99. The van der Waals surface area contributed by atoms with E-state index in [1.54, 1.807) is 11.8 Å². The molecule has 1 N–H and O–H groups in total. The molecular weight excluding hydrogens is 318 g/mol. The molecule has 1 fully saturated rings. The van der Waals surface area contributed by atoms with Crippen molar-refractivity contribution >= 4 is 5.71 Å². The predicted octanol–water partition coefficient (Wildman–Crippen LogP) is 1.45. The zero-order chi connectivity index (χ0) is 18.0. The Balaban J connectivity index is 1.89. The number of ether oxygens (including phenoxy) is 1. The van der Waals surface area contributed by atoms with Gasteiger partial charge in [0.15, 0.2) is 0 Å². The van der Waals surface area contributed by atoms with Crippen molar-refractivity contribution in [2.24, 2.45) is 5.10 Å². The van der Waals surface area contributed by atoms with Crippen LogP contribution >= 0.6 is 0 Å². The van der Waals surface area contributed by atoms with Crippen LogP contribution in [0.25, 0.3) is 5.69 Å². The number of hydrogen-bond donors (Lipinski definition) is 1. The molecule has 0 saturated carbocycles. The Morgan fingerprint density at radius 3 is 2.40 bits per heavy atom. The molecule has 0 amide bonds. The van der Waals surface area contributed by atoms with Gasteiger partial charge in [0, 0.05) is 31.9 Å². The SMILES string of the molecule is COc1ccc(-n2[nH]c(C)c(C(C)=NN3CCN(C)CC3)c2=O)cc1. The Morgan fingerprint density at radius 1 is 1.16 bits per heavy atom. The van der Waals surface area contributed by atoms with Gasteiger partial charge in [0.05, 0.1) is 24.1 Å². The summed E-state index contributed by atoms with van der Waals surface area (Å²) in [5.74, 6) is 0.758. The van der Waals surface area contributed by atoms with E-state index in [1.165, 1.54) is 0 Å². The Hall–Kier alpha value is -2.54. The van der Waals surface area contributed by atoms with Crippen molar-refractivity contribution in [1.29, 1.82) is 0 Å². The van der Waals surface area contributed by atoms with Crippen molar-refractivity contribution in [1.82, 2.24) is 19.7 Å². The van der Waals surface area contributed by atoms with Crippen LogP contribution in [0.4, 0.5) is 0 Å². The second-order valence-electron chi connectivity index (χ2n) is 6.39. The van der Waals surface area contributed by atoms with Gasteiger partial charge in [-0.1, -0.05) is 0 Å². The standard InChI is InChI=1S/C18H25N5O2/c1-13(19-22-11-9-21(3)10-12-22)17-14(2)20-23(18(17)24)15-5-7-16(25-4)8-6-15/h5-8,20H,9-12H2,1-4H3. The van der Waals surface area contributed by atoms with E-state index in [9.17, 15) is 4.79 Å². The molecule has 1 aliphatic heterocycles. The van der Waals surface area contributed by atoms with Gasteiger partial charge in [-0.3, -0.25) is 14.9 Å². The molecule has 1 aliphatic rings. The van der Waals surface area contributed by atoms with E-state index in [0.717, 1.165) is 49.0 Å². The van der Waals surface area contributed by atoms with Gasteiger partial charge < -0.3 is 9.64 Å². The number of rotatable bonds is 4. The number of hydrogen-bond acceptors (Lipinski definition) is 5. The molecule has 0 spiro atoms. The van der Waals surface area contributed by atoms with Crippen LogP contribution in [0, 0.1) is 6.92 Å². The summed E-state index contributed by atoms with van der Waals surface area (Å²) in [6.45, 7) is 7.53. The summed E-state index contributed by atoms with van der Waals surface area (Å²) < 4.78 is 6.72. The van der Waals surface area contributed by atoms with Crippen LogP contribution in [-0.2, 0) is 0 Å². The molecular formula is C18H25N5O2. The first kappa shape index (κ1) is 17.3. The molecule has 1 aromatic carbocycles. The lowest BCUT2D eigenvalue weighted by Gasteiger charge is -2.30. The number of nitrogens with zero attached hydrogens (tertiary/aromatic N) is 4. The fourth-order valence-corrected chi connectivity index (χ4v) is 3.04. The molecule has 134 valence electrons. The van der Waals surface area contributed by atoms with E-state index in [2.05, 4.69) is 22.1 Å². The molecule has 0 radical (unpaired) electrons. The van der Waals surface area contributed by atoms with E-state index < -0.39 is 0 Å². The van der Waals surface area contributed by atoms with Crippen LogP contribution < -0.4 is 10.3 Å². The second kappa shape index (κ2) is 7.14. The first-order chi connectivity index (χ1) is 12.0. The number of likely N-dealkylation sites (N-methyl/N-ethyl adjacent to an activating group) is 1. The molecule has 3 rings (SSSR count). The minimum absolute atomic E-state index is 0.0851. The van der Waals surface area contributed by atoms with Gasteiger partial charge in [-0.25, -0.2) is 4.68 Å². The lowest BCUT2D eigenvalue weighted by molar-refractivity contribution is 0.159. The van der Waals surface area contributed by atoms with Gasteiger partial charge >= 0.3 is 0 Å². The van der Waals surface area contributed by atoms with E-state index >= 15 is 0 Å². The van der Waals surface area contributed by atoms with Crippen LogP contribution in [0.3, 0.4) is 0 Å². The smallest absolute Gasteiger partial charge is 0.280 e. The van der Waals surface area contributed by atoms with Crippen LogP contribution in [0.2, 0.25) is 0 Å². The number of methoxy groups -OCH3 is 1. The normalized spacial score (nSPS) is 16.3. The highest BCUT2D eigenvalue weighted by Gasteiger charge is 2.17. The monoisotopic (exact) mass is 343 g/mol. The number of nitrogens with one attached hydrogen (secondary N) is 1. The Bertz CT molecular complexity index is 811. The van der Waals surface area contributed by atoms with Gasteiger partial charge in [-0.05, 0) is 45.2 Å². The highest BCUT2D eigenvalue weighted by atomic mass is 16.5. The summed E-state index contributed by atoms with van der Waals surface area (Å²) in [5, 5.41) is 9.85. The van der Waals surface area contributed by atoms with Crippen LogP contribution in [0.15, 0.2) is 34.2 Å². The minimum Gasteiger partial charge on any atom is -0.497 e. The summed E-state index contributed by atoms with van der Waals surface area (Å²) >= 11 is 0. The Kier molecular flexibility index (Phi) is 4.94. The van der Waals surface area contributed by atoms with Gasteiger partial charge in [0.25, 0.3) is 5.56 Å². The third kappa shape index (κ3) is 3.61. The maximum Gasteiger partial charge on any atom is 0.280 e. The van der Waals surface area contributed by atoms with E-state index in [1.807, 2.05) is 43.1 Å². The van der Waals surface area contributed by atoms with Gasteiger partial charge in [-0.2, -0.15) is 5.10 Å². The number of hydrazone groups is 1. The highest BCUT2D eigenvalue weighted by Crippen LogP contribution is 2.14. The molecule has 7 heteroatoms. The van der Waals surface area contributed by atoms with Crippen molar-refractivity contribution in [2.75, 3.05) is 40.3 Å². The number of benzene rings is 1. The Labute approximate surface area is 147 Å². The zero-order valence-electron chi connectivity index (χ0n) is 15.2. The molecule has 0 bridgehead atoms. The third-order valence-corrected chi connectivity index (χ3v) is 4.53. The van der Waals surface area contributed by atoms with Crippen molar-refractivity contribution in [3.05, 3.63) is 45.9 Å². The lowest BCUT2D eigenvalue weighted by atomic mass is 10.2. The first-order valence-corrected chi connectivity index (χ1v) is 8.44. The topological polar surface area (TPSA) is 65.9 Å². The Morgan fingerprint density at radius 2 is 1.80 bits per heavy atom. The minimum atomic E-state index is -0.0851. The molecule has 1 saturated heterocycles. The fraction of sp³-hybridized carbons (Fsp3) is 0.444. The molecule has 0 aliphatic carbocycles. The number of piperazine rings is 1. The molecule has 1 aromatic heterocycles. The summed E-state index contributed by atoms with van der Waals surface area (Å²) in [4.78, 5) is 15.2. The van der Waals surface area contributed by atoms with Gasteiger partial charge in [0.2, 0.25) is 0 Å². The van der Waals surface area contributed by atoms with Crippen molar-refractivity contribution in [3.8, 4) is 11.4 Å². The third-order valence-electron chi connectivity index (χ3n) is 4.53. The quantitative estimate of drug-likeness (QED) is 0.854. The average molecular weight is 343 g/mol. The van der Waals surface area contributed by atoms with Crippen molar-refractivity contribution < 1.29 is 4.74 Å². The maximum atomic E-state index is 12.9. The number of H-pyrrole nitrogens is 1. The van der Waals surface area contributed by atoms with Crippen molar-refractivity contribution in [2.45, 2.75) is 13.8 Å². The van der Waals surface area contributed by atoms with E-state index in [0.29, 0.717) is 5.56 Å². The van der Waals surface area contributed by atoms with Crippen LogP contribution in [-0.4, -0.2) is 65.7 Å². The molecule has 2 aromatic rings. The van der Waals surface area contributed by atoms with Crippen LogP contribution in [0.5, 0.6) is 5.75 Å². The predicted molar refractivity (Wildman–Crippen MR) is 99.0 cm³/mol. The maximum absolute atomic E-state index is 12.9. The molecule has 0 unspecified atom stereocenters. The number of aromatic nitrogens is 2. The molecule has 25 heavy (non-hydrogen) atoms.